The van der Waals surface area contributed by atoms with E-state index in [9.17, 15) is 26.4 Å². The third kappa shape index (κ3) is 3.84. The molecule has 0 aliphatic rings. The van der Waals surface area contributed by atoms with Gasteiger partial charge < -0.3 is 4.79 Å². The number of alkyl halides is 3. The van der Waals surface area contributed by atoms with Crippen molar-refractivity contribution >= 4 is 16.1 Å². The van der Waals surface area contributed by atoms with Crippen molar-refractivity contribution in [2.75, 3.05) is 5.75 Å². The zero-order valence-electron chi connectivity index (χ0n) is 12.7. The van der Waals surface area contributed by atoms with Crippen LogP contribution in [0.1, 0.15) is 24.6 Å². The van der Waals surface area contributed by atoms with Crippen molar-refractivity contribution in [3.05, 3.63) is 41.7 Å². The van der Waals surface area contributed by atoms with Crippen LogP contribution in [0.25, 0.3) is 5.69 Å². The van der Waals surface area contributed by atoms with Gasteiger partial charge in [-0.2, -0.15) is 18.3 Å². The molecule has 5 nitrogen and oxygen atoms in total. The smallest absolute Gasteiger partial charge is 0.303 e. The van der Waals surface area contributed by atoms with Crippen LogP contribution in [0.3, 0.4) is 0 Å². The van der Waals surface area contributed by atoms with E-state index in [-0.39, 0.29) is 29.2 Å². The van der Waals surface area contributed by atoms with E-state index >= 15 is 0 Å². The number of hydrogen-bond acceptors (Lipinski definition) is 4. The number of carbonyl (C=O) groups excluding carboxylic acids is 1. The molecule has 2 aromatic rings. The van der Waals surface area contributed by atoms with Gasteiger partial charge in [0.1, 0.15) is 6.29 Å². The van der Waals surface area contributed by atoms with Crippen molar-refractivity contribution in [2.45, 2.75) is 30.8 Å². The summed E-state index contributed by atoms with van der Waals surface area (Å²) in [5.74, 6) is -0.155. The monoisotopic (exact) mass is 360 g/mol. The minimum absolute atomic E-state index is 0.00779. The Kier molecular flexibility index (Phi) is 5.12. The second kappa shape index (κ2) is 6.76. The lowest BCUT2D eigenvalue weighted by Gasteiger charge is -2.11. The molecule has 1 heterocycles. The molecule has 0 saturated carbocycles. The number of aldehydes is 1. The topological polar surface area (TPSA) is 69.0 Å². The number of sulfone groups is 1. The Morgan fingerprint density at radius 1 is 1.25 bits per heavy atom. The second-order valence-corrected chi connectivity index (χ2v) is 7.29. The van der Waals surface area contributed by atoms with Gasteiger partial charge in [-0.05, 0) is 30.2 Å². The number of rotatable bonds is 6. The molecule has 0 atom stereocenters. The molecule has 0 radical (unpaired) electrons. The van der Waals surface area contributed by atoms with E-state index in [1.54, 1.807) is 0 Å². The van der Waals surface area contributed by atoms with Gasteiger partial charge in [0.05, 0.1) is 16.3 Å². The summed E-state index contributed by atoms with van der Waals surface area (Å²) in [5.41, 5.74) is -0.407. The number of nitrogens with zero attached hydrogens (tertiary/aromatic N) is 2. The van der Waals surface area contributed by atoms with Gasteiger partial charge in [0, 0.05) is 12.6 Å². The fourth-order valence-electron chi connectivity index (χ4n) is 2.17. The minimum atomic E-state index is -4.58. The largest absolute Gasteiger partial charge is 0.435 e. The molecule has 0 aliphatic heterocycles. The van der Waals surface area contributed by atoms with Crippen LogP contribution in [0.5, 0.6) is 0 Å². The lowest BCUT2D eigenvalue weighted by molar-refractivity contribution is -0.141. The SMILES string of the molecule is CCS(=O)(=O)c1cc(-n2ccc(C(F)(F)F)n2)ccc1CCC=O. The number of aromatic nitrogens is 2. The Morgan fingerprint density at radius 2 is 1.96 bits per heavy atom. The number of halogens is 3. The fraction of sp³-hybridized carbons (Fsp3) is 0.333. The van der Waals surface area contributed by atoms with Crippen LogP contribution in [0, 0.1) is 0 Å². The molecule has 0 amide bonds. The van der Waals surface area contributed by atoms with Crippen LogP contribution in [0.15, 0.2) is 35.4 Å². The first-order valence-electron chi connectivity index (χ1n) is 7.11. The lowest BCUT2D eigenvalue weighted by atomic mass is 10.1. The Labute approximate surface area is 137 Å². The highest BCUT2D eigenvalue weighted by Gasteiger charge is 2.33. The molecule has 130 valence electrons. The third-order valence-electron chi connectivity index (χ3n) is 3.44. The summed E-state index contributed by atoms with van der Waals surface area (Å²) in [5, 5.41) is 3.43. The normalized spacial score (nSPS) is 12.3. The molecule has 0 saturated heterocycles. The first-order chi connectivity index (χ1) is 11.2. The molecule has 0 bridgehead atoms. The van der Waals surface area contributed by atoms with E-state index < -0.39 is 21.7 Å². The maximum absolute atomic E-state index is 12.6. The number of hydrogen-bond donors (Lipinski definition) is 0. The summed E-state index contributed by atoms with van der Waals surface area (Å²) in [4.78, 5) is 10.5. The number of carbonyl (C=O) groups is 1. The molecule has 0 unspecified atom stereocenters. The summed E-state index contributed by atoms with van der Waals surface area (Å²) >= 11 is 0. The highest BCUT2D eigenvalue weighted by Crippen LogP contribution is 2.28. The van der Waals surface area contributed by atoms with Crippen LogP contribution < -0.4 is 0 Å². The third-order valence-corrected chi connectivity index (χ3v) is 5.25. The van der Waals surface area contributed by atoms with Crippen molar-refractivity contribution < 1.29 is 26.4 Å². The first kappa shape index (κ1) is 18.2. The molecular weight excluding hydrogens is 345 g/mol. The minimum Gasteiger partial charge on any atom is -0.303 e. The standard InChI is InChI=1S/C15H15F3N2O3S/c1-2-24(22,23)13-10-12(6-5-11(13)4-3-9-21)20-8-7-14(19-20)15(16,17)18/h5-10H,2-4H2,1H3. The van der Waals surface area contributed by atoms with E-state index in [1.165, 1.54) is 25.1 Å². The van der Waals surface area contributed by atoms with Crippen LogP contribution >= 0.6 is 0 Å². The van der Waals surface area contributed by atoms with Crippen LogP contribution in [-0.4, -0.2) is 30.2 Å². The molecule has 9 heteroatoms. The van der Waals surface area contributed by atoms with Gasteiger partial charge in [-0.15, -0.1) is 0 Å². The molecule has 2 rings (SSSR count). The van der Waals surface area contributed by atoms with E-state index in [2.05, 4.69) is 5.10 Å². The highest BCUT2D eigenvalue weighted by atomic mass is 32.2. The van der Waals surface area contributed by atoms with Gasteiger partial charge in [-0.1, -0.05) is 13.0 Å². The Balaban J connectivity index is 2.51. The van der Waals surface area contributed by atoms with Crippen molar-refractivity contribution in [3.63, 3.8) is 0 Å². The van der Waals surface area contributed by atoms with E-state index in [4.69, 9.17) is 0 Å². The average Bonchev–Trinajstić information content (AvgIpc) is 3.03. The summed E-state index contributed by atoms with van der Waals surface area (Å²) in [6, 6.07) is 5.07. The van der Waals surface area contributed by atoms with Crippen molar-refractivity contribution in [3.8, 4) is 5.69 Å². The molecular formula is C15H15F3N2O3S. The predicted molar refractivity (Wildman–Crippen MR) is 80.7 cm³/mol. The molecule has 1 aromatic carbocycles. The van der Waals surface area contributed by atoms with Crippen molar-refractivity contribution in [1.82, 2.24) is 9.78 Å². The van der Waals surface area contributed by atoms with Crippen LogP contribution in [0.2, 0.25) is 0 Å². The Morgan fingerprint density at radius 3 is 2.50 bits per heavy atom. The van der Waals surface area contributed by atoms with Crippen LogP contribution in [0.4, 0.5) is 13.2 Å². The van der Waals surface area contributed by atoms with Gasteiger partial charge >= 0.3 is 6.18 Å². The van der Waals surface area contributed by atoms with Gasteiger partial charge in [-0.25, -0.2) is 13.1 Å². The average molecular weight is 360 g/mol. The first-order valence-corrected chi connectivity index (χ1v) is 8.77. The zero-order chi connectivity index (χ0) is 18.0. The predicted octanol–water partition coefficient (Wildman–Crippen LogP) is 2.82. The van der Waals surface area contributed by atoms with Gasteiger partial charge in [-0.3, -0.25) is 0 Å². The maximum Gasteiger partial charge on any atom is 0.435 e. The summed E-state index contributed by atoms with van der Waals surface area (Å²) < 4.78 is 63.4. The summed E-state index contributed by atoms with van der Waals surface area (Å²) in [6.45, 7) is 1.47. The zero-order valence-corrected chi connectivity index (χ0v) is 13.6. The van der Waals surface area contributed by atoms with Gasteiger partial charge in [0.25, 0.3) is 0 Å². The summed E-state index contributed by atoms with van der Waals surface area (Å²) in [7, 11) is -3.59. The van der Waals surface area contributed by atoms with E-state index in [0.29, 0.717) is 11.8 Å². The van der Waals surface area contributed by atoms with Crippen molar-refractivity contribution in [1.29, 1.82) is 0 Å². The van der Waals surface area contributed by atoms with E-state index in [0.717, 1.165) is 16.9 Å². The molecule has 24 heavy (non-hydrogen) atoms. The van der Waals surface area contributed by atoms with Gasteiger partial charge in [0.2, 0.25) is 0 Å². The second-order valence-electron chi connectivity index (χ2n) is 5.04. The quantitative estimate of drug-likeness (QED) is 0.743. The number of benzene rings is 1. The molecule has 0 aliphatic carbocycles. The molecule has 0 fully saturated rings. The lowest BCUT2D eigenvalue weighted by Crippen LogP contribution is -2.10. The van der Waals surface area contributed by atoms with Crippen molar-refractivity contribution in [2.24, 2.45) is 0 Å². The van der Waals surface area contributed by atoms with E-state index in [1.807, 2.05) is 0 Å². The molecule has 1 aromatic heterocycles. The summed E-state index contributed by atoms with van der Waals surface area (Å²) in [6.07, 6.45) is -2.38. The van der Waals surface area contributed by atoms with Crippen LogP contribution in [-0.2, 0) is 27.2 Å². The number of aryl methyl sites for hydroxylation is 1. The maximum atomic E-state index is 12.6. The van der Waals surface area contributed by atoms with Gasteiger partial charge in [0.15, 0.2) is 15.5 Å². The Hall–Kier alpha value is -2.16. The fourth-order valence-corrected chi connectivity index (χ4v) is 3.35. The molecule has 0 spiro atoms. The highest BCUT2D eigenvalue weighted by molar-refractivity contribution is 7.91. The molecule has 0 N–H and O–H groups in total. The Bertz CT molecular complexity index is 842.